The molecule has 8 nitrogen and oxygen atoms in total. The van der Waals surface area contributed by atoms with Crippen molar-refractivity contribution >= 4 is 11.0 Å². The fourth-order valence-electron chi connectivity index (χ4n) is 4.47. The molecule has 0 amide bonds. The first-order valence-corrected chi connectivity index (χ1v) is 13.6. The number of phenolic OH excluding ortho intramolecular Hbond substituents is 1. The number of fused-ring (bicyclic) bond motifs is 1. The van der Waals surface area contributed by atoms with Crippen LogP contribution >= 0.6 is 0 Å². The minimum Gasteiger partial charge on any atom is -0.504 e. The van der Waals surface area contributed by atoms with E-state index in [1.165, 1.54) is 6.07 Å². The van der Waals surface area contributed by atoms with E-state index in [1.54, 1.807) is 13.0 Å². The summed E-state index contributed by atoms with van der Waals surface area (Å²) in [6.45, 7) is 15.7. The highest BCUT2D eigenvalue weighted by molar-refractivity contribution is 5.88. The van der Waals surface area contributed by atoms with Crippen molar-refractivity contribution in [2.75, 3.05) is 0 Å². The Morgan fingerprint density at radius 1 is 0.756 bits per heavy atom. The van der Waals surface area contributed by atoms with Crippen molar-refractivity contribution in [1.82, 2.24) is 19.9 Å². The molecule has 3 aromatic heterocycles. The van der Waals surface area contributed by atoms with Gasteiger partial charge in [0.25, 0.3) is 0 Å². The molecule has 2 aromatic carbocycles. The Kier molecular flexibility index (Phi) is 8.81. The van der Waals surface area contributed by atoms with Gasteiger partial charge in [0, 0.05) is 11.6 Å². The van der Waals surface area contributed by atoms with Crippen molar-refractivity contribution in [1.29, 1.82) is 0 Å². The fraction of sp³-hybridized carbons (Fsp3) is 0.303. The topological polar surface area (TPSA) is 111 Å². The maximum atomic E-state index is 12.8. The molecule has 0 fully saturated rings. The molecule has 0 spiro atoms. The molecule has 0 aliphatic rings. The van der Waals surface area contributed by atoms with Crippen LogP contribution in [0.4, 0.5) is 0 Å². The summed E-state index contributed by atoms with van der Waals surface area (Å²) in [6, 6.07) is 12.5. The van der Waals surface area contributed by atoms with Crippen molar-refractivity contribution < 1.29 is 14.3 Å². The van der Waals surface area contributed by atoms with Gasteiger partial charge in [0.1, 0.15) is 23.3 Å². The number of aryl methyl sites for hydroxylation is 8. The molecule has 0 bridgehead atoms. The summed E-state index contributed by atoms with van der Waals surface area (Å²) in [5, 5.41) is 10.9. The summed E-state index contributed by atoms with van der Waals surface area (Å²) >= 11 is 0. The van der Waals surface area contributed by atoms with E-state index < -0.39 is 0 Å². The molecule has 0 atom stereocenters. The van der Waals surface area contributed by atoms with Gasteiger partial charge in [-0.05, 0) is 66.5 Å². The number of hydrogen-bond donors (Lipinski definition) is 1. The van der Waals surface area contributed by atoms with E-state index >= 15 is 0 Å². The van der Waals surface area contributed by atoms with Crippen LogP contribution in [0.5, 0.6) is 11.5 Å². The monoisotopic (exact) mass is 552 g/mol. The van der Waals surface area contributed by atoms with Gasteiger partial charge in [0.05, 0.1) is 45.6 Å². The average Bonchev–Trinajstić information content (AvgIpc) is 2.93. The van der Waals surface area contributed by atoms with E-state index in [-0.39, 0.29) is 28.9 Å². The minimum atomic E-state index is -0.334. The maximum absolute atomic E-state index is 12.8. The van der Waals surface area contributed by atoms with Gasteiger partial charge in [0.15, 0.2) is 16.9 Å². The van der Waals surface area contributed by atoms with Gasteiger partial charge < -0.3 is 14.3 Å². The summed E-state index contributed by atoms with van der Waals surface area (Å²) in [6.07, 6.45) is 0.972. The molecule has 0 saturated carbocycles. The molecule has 5 aromatic rings. The average molecular weight is 553 g/mol. The summed E-state index contributed by atoms with van der Waals surface area (Å²) < 4.78 is 11.8. The number of ether oxygens (including phenoxy) is 1. The van der Waals surface area contributed by atoms with E-state index in [0.29, 0.717) is 22.6 Å². The second kappa shape index (κ2) is 12.3. The molecular formula is C33H36N4O4. The zero-order valence-corrected chi connectivity index (χ0v) is 24.9. The molecule has 5 rings (SSSR count). The molecule has 3 heterocycles. The Morgan fingerprint density at radius 3 is 1.93 bits per heavy atom. The van der Waals surface area contributed by atoms with E-state index in [4.69, 9.17) is 9.15 Å². The van der Waals surface area contributed by atoms with Crippen LogP contribution in [0.1, 0.15) is 58.0 Å². The number of aromatic hydroxyl groups is 1. The largest absolute Gasteiger partial charge is 0.504 e. The highest BCUT2D eigenvalue weighted by Crippen LogP contribution is 2.38. The van der Waals surface area contributed by atoms with Crippen molar-refractivity contribution in [3.05, 3.63) is 104 Å². The lowest BCUT2D eigenvalue weighted by atomic mass is 10.1. The van der Waals surface area contributed by atoms with Crippen molar-refractivity contribution in [2.45, 2.75) is 68.4 Å². The molecule has 0 radical (unpaired) electrons. The first-order valence-electron chi connectivity index (χ1n) is 13.6. The van der Waals surface area contributed by atoms with Crippen molar-refractivity contribution in [2.24, 2.45) is 0 Å². The normalized spacial score (nSPS) is 10.8. The zero-order chi connectivity index (χ0) is 29.8. The van der Waals surface area contributed by atoms with E-state index in [1.807, 2.05) is 71.9 Å². The molecule has 0 aliphatic heterocycles. The third-order valence-electron chi connectivity index (χ3n) is 7.04. The second-order valence-electron chi connectivity index (χ2n) is 10.1. The van der Waals surface area contributed by atoms with E-state index in [2.05, 4.69) is 26.9 Å². The Balaban J connectivity index is 0.000000296. The predicted molar refractivity (Wildman–Crippen MR) is 161 cm³/mol. The zero-order valence-electron chi connectivity index (χ0n) is 24.9. The lowest BCUT2D eigenvalue weighted by molar-refractivity contribution is 0.282. The minimum absolute atomic E-state index is 0.0955. The lowest BCUT2D eigenvalue weighted by Crippen LogP contribution is -2.08. The van der Waals surface area contributed by atoms with Gasteiger partial charge in [0.2, 0.25) is 0 Å². The molecule has 0 saturated heterocycles. The van der Waals surface area contributed by atoms with Crippen molar-refractivity contribution in [3.8, 4) is 22.8 Å². The van der Waals surface area contributed by atoms with Gasteiger partial charge in [-0.1, -0.05) is 37.3 Å². The Bertz CT molecular complexity index is 1780. The molecule has 0 unspecified atom stereocenters. The van der Waals surface area contributed by atoms with Crippen LogP contribution in [-0.4, -0.2) is 25.0 Å². The van der Waals surface area contributed by atoms with Crippen LogP contribution in [-0.2, 0) is 13.0 Å². The third kappa shape index (κ3) is 6.43. The SMILES string of the molecule is CCc1nc(C)c(C)nc1C.Cc1cc2oc(-c3ccccc3)cc(=O)c2c(O)c1OCc1nc(C)c(C)nc1C. The maximum Gasteiger partial charge on any atom is 0.197 e. The quantitative estimate of drug-likeness (QED) is 0.255. The first-order chi connectivity index (χ1) is 19.5. The third-order valence-corrected chi connectivity index (χ3v) is 7.04. The fourth-order valence-corrected chi connectivity index (χ4v) is 4.47. The summed E-state index contributed by atoms with van der Waals surface area (Å²) in [5.74, 6) is 0.455. The van der Waals surface area contributed by atoms with Gasteiger partial charge in [-0.25, -0.2) is 0 Å². The second-order valence-corrected chi connectivity index (χ2v) is 10.1. The summed E-state index contributed by atoms with van der Waals surface area (Å²) in [5.41, 5.74) is 8.84. The Morgan fingerprint density at radius 2 is 1.32 bits per heavy atom. The number of aromatic nitrogens is 4. The van der Waals surface area contributed by atoms with Crippen LogP contribution in [0.25, 0.3) is 22.3 Å². The van der Waals surface area contributed by atoms with E-state index in [9.17, 15) is 9.90 Å². The first kappa shape index (κ1) is 29.4. The van der Waals surface area contributed by atoms with Crippen molar-refractivity contribution in [3.63, 3.8) is 0 Å². The van der Waals surface area contributed by atoms with Crippen LogP contribution in [0, 0.1) is 48.5 Å². The number of rotatable bonds is 5. The molecule has 8 heteroatoms. The van der Waals surface area contributed by atoms with Gasteiger partial charge in [-0.3, -0.25) is 24.7 Å². The predicted octanol–water partition coefficient (Wildman–Crippen LogP) is 6.73. The van der Waals surface area contributed by atoms with Crippen LogP contribution < -0.4 is 10.2 Å². The summed E-state index contributed by atoms with van der Waals surface area (Å²) in [7, 11) is 0. The molecule has 0 aliphatic carbocycles. The molecule has 41 heavy (non-hydrogen) atoms. The van der Waals surface area contributed by atoms with Gasteiger partial charge in [-0.15, -0.1) is 0 Å². The number of benzene rings is 2. The lowest BCUT2D eigenvalue weighted by Gasteiger charge is -2.14. The molecular weight excluding hydrogens is 516 g/mol. The molecule has 1 N–H and O–H groups in total. The van der Waals surface area contributed by atoms with Crippen LogP contribution in [0.2, 0.25) is 0 Å². The Labute approximate surface area is 240 Å². The van der Waals surface area contributed by atoms with Gasteiger partial charge >= 0.3 is 0 Å². The Hall–Kier alpha value is -4.59. The highest BCUT2D eigenvalue weighted by atomic mass is 16.5. The number of hydrogen-bond acceptors (Lipinski definition) is 8. The van der Waals surface area contributed by atoms with Crippen LogP contribution in [0.15, 0.2) is 51.7 Å². The van der Waals surface area contributed by atoms with Crippen LogP contribution in [0.3, 0.4) is 0 Å². The standard InChI is InChI=1S/C24H22N2O4.C9H14N2/c1-13-10-21-22(19(27)11-20(30-21)17-8-6-5-7-9-17)23(28)24(13)29-12-18-16(4)25-14(2)15(3)26-18;1-5-9-8(4)10-6(2)7(3)11-9/h5-11,28H,12H2,1-4H3;5H2,1-4H3. The number of phenols is 1. The van der Waals surface area contributed by atoms with E-state index in [0.717, 1.165) is 51.8 Å². The smallest absolute Gasteiger partial charge is 0.197 e. The highest BCUT2D eigenvalue weighted by Gasteiger charge is 2.18. The molecule has 212 valence electrons. The summed E-state index contributed by atoms with van der Waals surface area (Å²) in [4.78, 5) is 30.6. The van der Waals surface area contributed by atoms with Gasteiger partial charge in [-0.2, -0.15) is 0 Å². The number of nitrogens with zero attached hydrogens (tertiary/aromatic N) is 4.